The molecule has 2 aliphatic rings. The van der Waals surface area contributed by atoms with Crippen molar-refractivity contribution in [2.75, 3.05) is 20.1 Å². The molecule has 1 aliphatic heterocycles. The minimum absolute atomic E-state index is 0.785. The van der Waals surface area contributed by atoms with Crippen LogP contribution in [0.25, 0.3) is 0 Å². The van der Waals surface area contributed by atoms with Gasteiger partial charge in [-0.3, -0.25) is 0 Å². The predicted octanol–water partition coefficient (Wildman–Crippen LogP) is 1.74. The summed E-state index contributed by atoms with van der Waals surface area (Å²) in [6.07, 6.45) is 4.43. The summed E-state index contributed by atoms with van der Waals surface area (Å²) in [5.41, 5.74) is 0.785. The number of hydrogen-bond donors (Lipinski definition) is 0. The fourth-order valence-electron chi connectivity index (χ4n) is 2.52. The van der Waals surface area contributed by atoms with Gasteiger partial charge < -0.3 is 4.90 Å². The van der Waals surface area contributed by atoms with Gasteiger partial charge in [0.25, 0.3) is 0 Å². The Morgan fingerprint density at radius 2 is 2.20 bits per heavy atom. The minimum atomic E-state index is 0.785. The fourth-order valence-corrected chi connectivity index (χ4v) is 2.52. The minimum Gasteiger partial charge on any atom is -0.306 e. The summed E-state index contributed by atoms with van der Waals surface area (Å²) in [6, 6.07) is 0. The monoisotopic (exact) mass is 139 g/mol. The highest BCUT2D eigenvalue weighted by Gasteiger charge is 2.51. The third kappa shape index (κ3) is 0.878. The molecule has 1 aliphatic carbocycles. The first-order chi connectivity index (χ1) is 4.73. The quantitative estimate of drug-likeness (QED) is 0.494. The van der Waals surface area contributed by atoms with E-state index in [2.05, 4.69) is 18.9 Å². The van der Waals surface area contributed by atoms with Crippen molar-refractivity contribution in [3.8, 4) is 0 Å². The SMILES string of the molecule is CC1CC12CCCN(C)C2. The highest BCUT2D eigenvalue weighted by Crippen LogP contribution is 2.57. The van der Waals surface area contributed by atoms with E-state index in [1.54, 1.807) is 0 Å². The molecule has 0 bridgehead atoms. The maximum Gasteiger partial charge on any atom is 0.00376 e. The van der Waals surface area contributed by atoms with Gasteiger partial charge in [0, 0.05) is 6.54 Å². The molecule has 0 amide bonds. The molecule has 2 rings (SSSR count). The van der Waals surface area contributed by atoms with Crippen molar-refractivity contribution in [3.05, 3.63) is 0 Å². The molecule has 2 atom stereocenters. The summed E-state index contributed by atoms with van der Waals surface area (Å²) in [6.45, 7) is 5.10. The molecule has 2 fully saturated rings. The van der Waals surface area contributed by atoms with Crippen LogP contribution in [0.15, 0.2) is 0 Å². The summed E-state index contributed by atoms with van der Waals surface area (Å²) in [4.78, 5) is 2.49. The Balaban J connectivity index is 1.99. The van der Waals surface area contributed by atoms with Crippen LogP contribution in [0.2, 0.25) is 0 Å². The summed E-state index contributed by atoms with van der Waals surface area (Å²) < 4.78 is 0. The largest absolute Gasteiger partial charge is 0.306 e. The zero-order valence-corrected chi connectivity index (χ0v) is 7.06. The van der Waals surface area contributed by atoms with E-state index in [0.29, 0.717) is 0 Å². The molecule has 1 saturated heterocycles. The molecule has 1 heteroatoms. The van der Waals surface area contributed by atoms with Crippen molar-refractivity contribution >= 4 is 0 Å². The van der Waals surface area contributed by atoms with Crippen LogP contribution in [0.5, 0.6) is 0 Å². The van der Waals surface area contributed by atoms with Gasteiger partial charge in [0.05, 0.1) is 0 Å². The third-order valence-corrected chi connectivity index (χ3v) is 3.40. The molecule has 10 heavy (non-hydrogen) atoms. The van der Waals surface area contributed by atoms with Crippen LogP contribution < -0.4 is 0 Å². The van der Waals surface area contributed by atoms with Crippen LogP contribution in [0, 0.1) is 11.3 Å². The van der Waals surface area contributed by atoms with E-state index in [-0.39, 0.29) is 0 Å². The number of piperidine rings is 1. The Morgan fingerprint density at radius 3 is 2.60 bits per heavy atom. The smallest absolute Gasteiger partial charge is 0.00376 e. The highest BCUT2D eigenvalue weighted by atomic mass is 15.1. The second-order valence-corrected chi connectivity index (χ2v) is 4.31. The van der Waals surface area contributed by atoms with Crippen molar-refractivity contribution in [3.63, 3.8) is 0 Å². The van der Waals surface area contributed by atoms with Crippen molar-refractivity contribution in [2.24, 2.45) is 11.3 Å². The van der Waals surface area contributed by atoms with E-state index >= 15 is 0 Å². The molecule has 0 N–H and O–H groups in total. The van der Waals surface area contributed by atoms with Gasteiger partial charge >= 0.3 is 0 Å². The lowest BCUT2D eigenvalue weighted by molar-refractivity contribution is 0.183. The zero-order chi connectivity index (χ0) is 7.19. The summed E-state index contributed by atoms with van der Waals surface area (Å²) >= 11 is 0. The van der Waals surface area contributed by atoms with Gasteiger partial charge in [0.1, 0.15) is 0 Å². The average molecular weight is 139 g/mol. The Hall–Kier alpha value is -0.0400. The summed E-state index contributed by atoms with van der Waals surface area (Å²) in [7, 11) is 2.26. The van der Waals surface area contributed by atoms with Crippen LogP contribution in [0.1, 0.15) is 26.2 Å². The molecule has 0 radical (unpaired) electrons. The van der Waals surface area contributed by atoms with E-state index < -0.39 is 0 Å². The Labute approximate surface area is 63.4 Å². The van der Waals surface area contributed by atoms with Gasteiger partial charge in [-0.05, 0) is 44.2 Å². The molecule has 0 aromatic carbocycles. The van der Waals surface area contributed by atoms with Gasteiger partial charge in [0.15, 0.2) is 0 Å². The van der Waals surface area contributed by atoms with Crippen molar-refractivity contribution in [1.82, 2.24) is 4.90 Å². The lowest BCUT2D eigenvalue weighted by Crippen LogP contribution is -2.33. The molecule has 1 spiro atoms. The van der Waals surface area contributed by atoms with Gasteiger partial charge in [-0.25, -0.2) is 0 Å². The molecular weight excluding hydrogens is 122 g/mol. The standard InChI is InChI=1S/C9H17N/c1-8-6-9(8)4-3-5-10(2)7-9/h8H,3-7H2,1-2H3. The van der Waals surface area contributed by atoms with Crippen LogP contribution in [-0.2, 0) is 0 Å². The Morgan fingerprint density at radius 1 is 1.50 bits per heavy atom. The summed E-state index contributed by atoms with van der Waals surface area (Å²) in [5.74, 6) is 1.02. The zero-order valence-electron chi connectivity index (χ0n) is 7.06. The topological polar surface area (TPSA) is 3.24 Å². The van der Waals surface area contributed by atoms with Crippen LogP contribution in [0.4, 0.5) is 0 Å². The number of hydrogen-bond acceptors (Lipinski definition) is 1. The molecule has 0 aromatic heterocycles. The summed E-state index contributed by atoms with van der Waals surface area (Å²) in [5, 5.41) is 0. The van der Waals surface area contributed by atoms with Crippen molar-refractivity contribution in [2.45, 2.75) is 26.2 Å². The Kier molecular flexibility index (Phi) is 1.31. The van der Waals surface area contributed by atoms with E-state index in [1.165, 1.54) is 32.4 Å². The number of rotatable bonds is 0. The maximum absolute atomic E-state index is 2.49. The molecule has 0 aromatic rings. The molecule has 58 valence electrons. The van der Waals surface area contributed by atoms with Crippen LogP contribution in [-0.4, -0.2) is 25.0 Å². The first kappa shape index (κ1) is 6.66. The maximum atomic E-state index is 2.49. The molecule has 2 unspecified atom stereocenters. The first-order valence-corrected chi connectivity index (χ1v) is 4.41. The van der Waals surface area contributed by atoms with Gasteiger partial charge in [-0.2, -0.15) is 0 Å². The van der Waals surface area contributed by atoms with Crippen molar-refractivity contribution in [1.29, 1.82) is 0 Å². The number of likely N-dealkylation sites (tertiary alicyclic amines) is 1. The van der Waals surface area contributed by atoms with E-state index in [1.807, 2.05) is 0 Å². The van der Waals surface area contributed by atoms with Gasteiger partial charge in [0.2, 0.25) is 0 Å². The average Bonchev–Trinajstić information content (AvgIpc) is 2.41. The highest BCUT2D eigenvalue weighted by molar-refractivity contribution is 5.03. The van der Waals surface area contributed by atoms with E-state index in [4.69, 9.17) is 0 Å². The lowest BCUT2D eigenvalue weighted by Gasteiger charge is -2.30. The second-order valence-electron chi connectivity index (χ2n) is 4.31. The third-order valence-electron chi connectivity index (χ3n) is 3.40. The molecular formula is C9H17N. The van der Waals surface area contributed by atoms with Gasteiger partial charge in [-0.1, -0.05) is 6.92 Å². The molecule has 1 saturated carbocycles. The predicted molar refractivity (Wildman–Crippen MR) is 42.9 cm³/mol. The first-order valence-electron chi connectivity index (χ1n) is 4.41. The van der Waals surface area contributed by atoms with Crippen molar-refractivity contribution < 1.29 is 0 Å². The lowest BCUT2D eigenvalue weighted by atomic mass is 9.93. The van der Waals surface area contributed by atoms with E-state index in [0.717, 1.165) is 11.3 Å². The van der Waals surface area contributed by atoms with Crippen LogP contribution in [0.3, 0.4) is 0 Å². The van der Waals surface area contributed by atoms with E-state index in [9.17, 15) is 0 Å². The number of nitrogens with zero attached hydrogens (tertiary/aromatic N) is 1. The second kappa shape index (κ2) is 1.97. The van der Waals surface area contributed by atoms with Gasteiger partial charge in [-0.15, -0.1) is 0 Å². The molecule has 1 nitrogen and oxygen atoms in total. The Bertz CT molecular complexity index is 144. The molecule has 1 heterocycles. The fraction of sp³-hybridized carbons (Fsp3) is 1.00. The van der Waals surface area contributed by atoms with Crippen LogP contribution >= 0.6 is 0 Å². The normalized spacial score (nSPS) is 48.0.